The molecule has 1 unspecified atom stereocenters. The molecule has 2 aromatic rings. The van der Waals surface area contributed by atoms with Gasteiger partial charge in [0, 0.05) is 24.7 Å². The zero-order valence-corrected chi connectivity index (χ0v) is 15.4. The van der Waals surface area contributed by atoms with Crippen molar-refractivity contribution in [3.63, 3.8) is 0 Å². The molecule has 1 heterocycles. The van der Waals surface area contributed by atoms with Gasteiger partial charge in [0.25, 0.3) is 5.56 Å². The van der Waals surface area contributed by atoms with Crippen LogP contribution in [0.3, 0.4) is 0 Å². The highest BCUT2D eigenvalue weighted by atomic mass is 35.5. The lowest BCUT2D eigenvalue weighted by Gasteiger charge is -2.27. The number of rotatable bonds is 5. The Morgan fingerprint density at radius 3 is 2.35 bits per heavy atom. The van der Waals surface area contributed by atoms with E-state index in [1.54, 1.807) is 0 Å². The highest BCUT2D eigenvalue weighted by molar-refractivity contribution is 7.82. The van der Waals surface area contributed by atoms with Gasteiger partial charge in [-0.1, -0.05) is 27.9 Å². The monoisotopic (exact) mass is 411 g/mol. The first-order valence-corrected chi connectivity index (χ1v) is 9.07. The maximum atomic E-state index is 14.1. The Balaban J connectivity index is 2.55. The second kappa shape index (κ2) is 7.89. The highest BCUT2D eigenvalue weighted by Gasteiger charge is 2.49. The molecule has 1 aromatic carbocycles. The topological polar surface area (TPSA) is 42.3 Å². The van der Waals surface area contributed by atoms with Crippen molar-refractivity contribution in [3.8, 4) is 0 Å². The smallest absolute Gasteiger partial charge is 0.313 e. The van der Waals surface area contributed by atoms with E-state index >= 15 is 0 Å². The average molecular weight is 412 g/mol. The Bertz CT molecular complexity index is 868. The summed E-state index contributed by atoms with van der Waals surface area (Å²) in [5.41, 5.74) is -0.861. The molecule has 1 aromatic heterocycles. The van der Waals surface area contributed by atoms with Gasteiger partial charge in [-0.2, -0.15) is 13.2 Å². The third kappa shape index (κ3) is 4.33. The molecular weight excluding hydrogens is 396 g/mol. The van der Waals surface area contributed by atoms with Crippen molar-refractivity contribution < 1.29 is 21.8 Å². The minimum Gasteiger partial charge on any atom is -0.313 e. The van der Waals surface area contributed by atoms with Gasteiger partial charge < -0.3 is 4.57 Å². The predicted octanol–water partition coefficient (Wildman–Crippen LogP) is 3.77. The summed E-state index contributed by atoms with van der Waals surface area (Å²) < 4.78 is 69.6. The summed E-state index contributed by atoms with van der Waals surface area (Å²) >= 11 is 5.72. The van der Waals surface area contributed by atoms with Gasteiger partial charge in [-0.15, -0.1) is 4.31 Å². The molecule has 0 saturated heterocycles. The number of halogens is 5. The molecular formula is C16H16ClF4N2O2S+. The second-order valence-corrected chi connectivity index (χ2v) is 7.46. The normalized spacial score (nSPS) is 14.5. The summed E-state index contributed by atoms with van der Waals surface area (Å²) in [4.78, 5) is 11.0. The summed E-state index contributed by atoms with van der Waals surface area (Å²) in [6.07, 6.45) is -3.81. The molecule has 2 rings (SSSR count). The number of aryl methyl sites for hydroxylation is 1. The van der Waals surface area contributed by atoms with Crippen molar-refractivity contribution in [1.82, 2.24) is 8.87 Å². The molecule has 0 aliphatic rings. The number of hydrogen-bond donors (Lipinski definition) is 0. The molecule has 0 saturated carbocycles. The van der Waals surface area contributed by atoms with Crippen LogP contribution in [0.5, 0.6) is 0 Å². The standard InChI is InChI=1S/C16H15ClF4N2O2S/c1-3-23(26(25)13-9-22(2)14(24)8-12(13)18)15(16(19,20)21)10-4-6-11(17)7-5-10/h4-9,15H,3H2,1-2H3/p+1/t15-,26?/m1/s1. The largest absolute Gasteiger partial charge is 0.412 e. The number of nitrogens with zero attached hydrogens (tertiary/aromatic N) is 2. The molecule has 142 valence electrons. The molecule has 0 N–H and O–H groups in total. The van der Waals surface area contributed by atoms with E-state index in [0.717, 1.165) is 10.8 Å². The number of hydrogen-bond acceptors (Lipinski definition) is 2. The van der Waals surface area contributed by atoms with Crippen LogP contribution in [0.1, 0.15) is 18.5 Å². The molecule has 0 aliphatic heterocycles. The molecule has 4 nitrogen and oxygen atoms in total. The van der Waals surface area contributed by atoms with Gasteiger partial charge in [-0.3, -0.25) is 4.79 Å². The van der Waals surface area contributed by atoms with E-state index in [-0.39, 0.29) is 17.1 Å². The SMILES string of the molecule is CCN([C@H](c1ccc(Cl)cc1)C(F)(F)F)[SH+](=O)c1cn(C)c(=O)cc1F. The first-order valence-electron chi connectivity index (χ1n) is 7.48. The number of benzene rings is 1. The third-order valence-electron chi connectivity index (χ3n) is 3.72. The Morgan fingerprint density at radius 1 is 1.27 bits per heavy atom. The van der Waals surface area contributed by atoms with Crippen LogP contribution in [0.4, 0.5) is 17.6 Å². The summed E-state index contributed by atoms with van der Waals surface area (Å²) in [7, 11) is -1.63. The van der Waals surface area contributed by atoms with E-state index in [2.05, 4.69) is 0 Å². The lowest BCUT2D eigenvalue weighted by Crippen LogP contribution is -2.39. The summed E-state index contributed by atoms with van der Waals surface area (Å²) in [6.45, 7) is 1.13. The van der Waals surface area contributed by atoms with Crippen LogP contribution in [-0.2, 0) is 22.2 Å². The van der Waals surface area contributed by atoms with Gasteiger partial charge in [0.05, 0.1) is 6.20 Å². The fourth-order valence-electron chi connectivity index (χ4n) is 2.46. The Labute approximate surface area is 154 Å². The first kappa shape index (κ1) is 20.6. The van der Waals surface area contributed by atoms with Crippen molar-refractivity contribution in [3.05, 3.63) is 63.3 Å². The van der Waals surface area contributed by atoms with E-state index in [0.29, 0.717) is 10.4 Å². The second-order valence-electron chi connectivity index (χ2n) is 5.48. The van der Waals surface area contributed by atoms with Crippen LogP contribution < -0.4 is 5.56 Å². The zero-order chi connectivity index (χ0) is 19.6. The molecule has 0 aliphatic carbocycles. The van der Waals surface area contributed by atoms with Gasteiger partial charge in [0.2, 0.25) is 4.90 Å². The fourth-order valence-corrected chi connectivity index (χ4v) is 4.12. The lowest BCUT2D eigenvalue weighted by atomic mass is 10.1. The Morgan fingerprint density at radius 2 is 1.85 bits per heavy atom. The average Bonchev–Trinajstić information content (AvgIpc) is 2.55. The maximum Gasteiger partial charge on any atom is 0.412 e. The van der Waals surface area contributed by atoms with Crippen LogP contribution in [-0.4, -0.2) is 21.6 Å². The lowest BCUT2D eigenvalue weighted by molar-refractivity contribution is -0.172. The number of aromatic nitrogens is 1. The zero-order valence-electron chi connectivity index (χ0n) is 13.8. The summed E-state index contributed by atoms with van der Waals surface area (Å²) in [5.74, 6) is -1.11. The van der Waals surface area contributed by atoms with E-state index < -0.39 is 39.5 Å². The van der Waals surface area contributed by atoms with E-state index in [1.165, 1.54) is 38.2 Å². The van der Waals surface area contributed by atoms with Crippen LogP contribution in [0, 0.1) is 5.82 Å². The van der Waals surface area contributed by atoms with Crippen LogP contribution >= 0.6 is 11.6 Å². The van der Waals surface area contributed by atoms with Gasteiger partial charge in [0.1, 0.15) is 0 Å². The molecule has 0 spiro atoms. The third-order valence-corrected chi connectivity index (χ3v) is 5.69. The Kier molecular flexibility index (Phi) is 6.25. The van der Waals surface area contributed by atoms with Crippen molar-refractivity contribution >= 4 is 22.6 Å². The molecule has 10 heteroatoms. The molecule has 26 heavy (non-hydrogen) atoms. The summed E-state index contributed by atoms with van der Waals surface area (Å²) in [5, 5.41) is 0.256. The number of thiol groups is 1. The van der Waals surface area contributed by atoms with Gasteiger partial charge >= 0.3 is 6.18 Å². The first-order chi connectivity index (χ1) is 12.1. The predicted molar refractivity (Wildman–Crippen MR) is 92.0 cm³/mol. The minimum atomic E-state index is -4.76. The quantitative estimate of drug-likeness (QED) is 0.427. The Hall–Kier alpha value is -1.71. The number of alkyl halides is 3. The van der Waals surface area contributed by atoms with E-state index in [4.69, 9.17) is 11.6 Å². The summed E-state index contributed by atoms with van der Waals surface area (Å²) in [6, 6.07) is 3.34. The van der Waals surface area contributed by atoms with Gasteiger partial charge in [-0.25, -0.2) is 4.39 Å². The van der Waals surface area contributed by atoms with Crippen molar-refractivity contribution in [1.29, 1.82) is 0 Å². The van der Waals surface area contributed by atoms with Crippen LogP contribution in [0.15, 0.2) is 46.2 Å². The van der Waals surface area contributed by atoms with Crippen LogP contribution in [0.2, 0.25) is 5.02 Å². The van der Waals surface area contributed by atoms with Crippen LogP contribution in [0.25, 0.3) is 0 Å². The minimum absolute atomic E-state index is 0.169. The van der Waals surface area contributed by atoms with Crippen molar-refractivity contribution in [2.24, 2.45) is 7.05 Å². The van der Waals surface area contributed by atoms with E-state index in [1.807, 2.05) is 0 Å². The van der Waals surface area contributed by atoms with Crippen molar-refractivity contribution in [2.75, 3.05) is 6.54 Å². The molecule has 2 atom stereocenters. The van der Waals surface area contributed by atoms with E-state index in [9.17, 15) is 26.6 Å². The van der Waals surface area contributed by atoms with Gasteiger partial charge in [0.15, 0.2) is 22.8 Å². The highest BCUT2D eigenvalue weighted by Crippen LogP contribution is 2.39. The molecule has 0 fully saturated rings. The van der Waals surface area contributed by atoms with Gasteiger partial charge in [-0.05, 0) is 24.6 Å². The molecule has 0 radical (unpaired) electrons. The fraction of sp³-hybridized carbons (Fsp3) is 0.312. The molecule has 0 amide bonds. The molecule has 0 bridgehead atoms. The van der Waals surface area contributed by atoms with Crippen molar-refractivity contribution in [2.45, 2.75) is 24.0 Å². The maximum absolute atomic E-state index is 14.1. The number of pyridine rings is 1.